The maximum atomic E-state index is 12.2. The molecule has 2 aromatic rings. The third-order valence-corrected chi connectivity index (χ3v) is 4.61. The summed E-state index contributed by atoms with van der Waals surface area (Å²) in [6.45, 7) is 5.87. The van der Waals surface area contributed by atoms with Gasteiger partial charge in [-0.05, 0) is 30.2 Å². The van der Waals surface area contributed by atoms with E-state index >= 15 is 0 Å². The average Bonchev–Trinajstić information content (AvgIpc) is 2.39. The van der Waals surface area contributed by atoms with E-state index in [4.69, 9.17) is 0 Å². The molecule has 0 unspecified atom stereocenters. The van der Waals surface area contributed by atoms with Gasteiger partial charge in [-0.1, -0.05) is 54.6 Å². The molecule has 98 valence electrons. The van der Waals surface area contributed by atoms with Gasteiger partial charge in [0, 0.05) is 0 Å². The number of rotatable bonds is 4. The fourth-order valence-corrected chi connectivity index (χ4v) is 3.25. The molecule has 0 N–H and O–H groups in total. The summed E-state index contributed by atoms with van der Waals surface area (Å²) in [5, 5.41) is 0. The van der Waals surface area contributed by atoms with Crippen LogP contribution in [-0.4, -0.2) is 14.2 Å². The van der Waals surface area contributed by atoms with Gasteiger partial charge in [-0.2, -0.15) is 0 Å². The maximum Gasteiger partial charge on any atom is 0.182 e. The zero-order chi connectivity index (χ0) is 13.9. The van der Waals surface area contributed by atoms with Gasteiger partial charge in [-0.15, -0.1) is 0 Å². The quantitative estimate of drug-likeness (QED) is 0.854. The van der Waals surface area contributed by atoms with Crippen molar-refractivity contribution in [1.82, 2.24) is 0 Å². The van der Waals surface area contributed by atoms with E-state index in [1.165, 1.54) is 0 Å². The zero-order valence-corrected chi connectivity index (χ0v) is 11.7. The van der Waals surface area contributed by atoms with Gasteiger partial charge in [0.1, 0.15) is 0 Å². The smallest absolute Gasteiger partial charge is 0.182 e. The molecule has 0 heterocycles. The number of benzene rings is 2. The predicted octanol–water partition coefficient (Wildman–Crippen LogP) is 3.48. The largest absolute Gasteiger partial charge is 0.223 e. The molecular formula is C16H16O2S. The first-order chi connectivity index (χ1) is 8.99. The first kappa shape index (κ1) is 13.6. The molecule has 0 amide bonds. The second kappa shape index (κ2) is 5.41. The molecule has 0 aromatic heterocycles. The van der Waals surface area contributed by atoms with Crippen molar-refractivity contribution in [2.45, 2.75) is 11.8 Å². The standard InChI is InChI=1S/C16H16O2S/c1-13-7-6-8-15(11-13)14(2)12-19(17,18)16-9-4-3-5-10-16/h3-11H,2,12H2,1H3. The molecule has 0 saturated heterocycles. The maximum absolute atomic E-state index is 12.2. The summed E-state index contributed by atoms with van der Waals surface area (Å²) in [7, 11) is -3.32. The second-order valence-electron chi connectivity index (χ2n) is 4.55. The molecule has 2 nitrogen and oxygen atoms in total. The summed E-state index contributed by atoms with van der Waals surface area (Å²) in [4.78, 5) is 0.337. The minimum absolute atomic E-state index is 0.0551. The van der Waals surface area contributed by atoms with Gasteiger partial charge in [-0.3, -0.25) is 0 Å². The van der Waals surface area contributed by atoms with Crippen LogP contribution in [0.15, 0.2) is 66.1 Å². The molecule has 0 aliphatic rings. The van der Waals surface area contributed by atoms with E-state index in [2.05, 4.69) is 6.58 Å². The van der Waals surface area contributed by atoms with Gasteiger partial charge < -0.3 is 0 Å². The fraction of sp³-hybridized carbons (Fsp3) is 0.125. The Morgan fingerprint density at radius 3 is 2.37 bits per heavy atom. The van der Waals surface area contributed by atoms with Crippen LogP contribution in [0.4, 0.5) is 0 Å². The molecule has 0 bridgehead atoms. The molecular weight excluding hydrogens is 256 g/mol. The van der Waals surface area contributed by atoms with Crippen molar-refractivity contribution in [3.8, 4) is 0 Å². The summed E-state index contributed by atoms with van der Waals surface area (Å²) in [6, 6.07) is 16.2. The normalized spacial score (nSPS) is 11.2. The predicted molar refractivity (Wildman–Crippen MR) is 78.7 cm³/mol. The summed E-state index contributed by atoms with van der Waals surface area (Å²) in [5.41, 5.74) is 2.59. The van der Waals surface area contributed by atoms with Crippen LogP contribution in [0.5, 0.6) is 0 Å². The topological polar surface area (TPSA) is 34.1 Å². The van der Waals surface area contributed by atoms with E-state index in [0.717, 1.165) is 11.1 Å². The Morgan fingerprint density at radius 1 is 1.05 bits per heavy atom. The molecule has 0 atom stereocenters. The summed E-state index contributed by atoms with van der Waals surface area (Å²) in [5.74, 6) is -0.0551. The lowest BCUT2D eigenvalue weighted by Crippen LogP contribution is -2.08. The Hall–Kier alpha value is -1.87. The Bertz CT molecular complexity index is 686. The van der Waals surface area contributed by atoms with Crippen LogP contribution in [0.1, 0.15) is 11.1 Å². The lowest BCUT2D eigenvalue weighted by Gasteiger charge is -2.08. The van der Waals surface area contributed by atoms with Crippen molar-refractivity contribution in [2.75, 3.05) is 5.75 Å². The summed E-state index contributed by atoms with van der Waals surface area (Å²) < 4.78 is 24.5. The number of aryl methyl sites for hydroxylation is 1. The van der Waals surface area contributed by atoms with Crippen LogP contribution in [0.25, 0.3) is 5.57 Å². The Kier molecular flexibility index (Phi) is 3.86. The van der Waals surface area contributed by atoms with Crippen LogP contribution in [0.3, 0.4) is 0 Å². The molecule has 19 heavy (non-hydrogen) atoms. The second-order valence-corrected chi connectivity index (χ2v) is 6.53. The van der Waals surface area contributed by atoms with E-state index in [9.17, 15) is 8.42 Å². The van der Waals surface area contributed by atoms with Crippen molar-refractivity contribution >= 4 is 15.4 Å². The van der Waals surface area contributed by atoms with Crippen LogP contribution in [-0.2, 0) is 9.84 Å². The first-order valence-electron chi connectivity index (χ1n) is 6.02. The minimum Gasteiger partial charge on any atom is -0.223 e. The third kappa shape index (κ3) is 3.32. The van der Waals surface area contributed by atoms with Crippen molar-refractivity contribution in [3.05, 3.63) is 72.3 Å². The number of hydrogen-bond donors (Lipinski definition) is 0. The van der Waals surface area contributed by atoms with Crippen LogP contribution < -0.4 is 0 Å². The van der Waals surface area contributed by atoms with Crippen LogP contribution in [0.2, 0.25) is 0 Å². The first-order valence-corrected chi connectivity index (χ1v) is 7.67. The van der Waals surface area contributed by atoms with E-state index in [-0.39, 0.29) is 5.75 Å². The lowest BCUT2D eigenvalue weighted by atomic mass is 10.1. The van der Waals surface area contributed by atoms with Gasteiger partial charge in [0.2, 0.25) is 0 Å². The highest BCUT2D eigenvalue weighted by molar-refractivity contribution is 7.91. The molecule has 0 radical (unpaired) electrons. The SMILES string of the molecule is C=C(CS(=O)(=O)c1ccccc1)c1cccc(C)c1. The molecule has 0 aliphatic heterocycles. The van der Waals surface area contributed by atoms with E-state index < -0.39 is 9.84 Å². The highest BCUT2D eigenvalue weighted by Gasteiger charge is 2.16. The average molecular weight is 272 g/mol. The Balaban J connectivity index is 2.24. The number of sulfone groups is 1. The van der Waals surface area contributed by atoms with Gasteiger partial charge in [0.15, 0.2) is 9.84 Å². The van der Waals surface area contributed by atoms with Crippen molar-refractivity contribution in [1.29, 1.82) is 0 Å². The van der Waals surface area contributed by atoms with Gasteiger partial charge >= 0.3 is 0 Å². The lowest BCUT2D eigenvalue weighted by molar-refractivity contribution is 0.599. The van der Waals surface area contributed by atoms with Crippen molar-refractivity contribution in [2.24, 2.45) is 0 Å². The molecule has 3 heteroatoms. The number of hydrogen-bond acceptors (Lipinski definition) is 2. The third-order valence-electron chi connectivity index (χ3n) is 2.89. The van der Waals surface area contributed by atoms with Crippen molar-refractivity contribution < 1.29 is 8.42 Å². The van der Waals surface area contributed by atoms with E-state index in [1.54, 1.807) is 30.3 Å². The summed E-state index contributed by atoms with van der Waals surface area (Å²) in [6.07, 6.45) is 0. The molecule has 2 rings (SSSR count). The van der Waals surface area contributed by atoms with Crippen molar-refractivity contribution in [3.63, 3.8) is 0 Å². The van der Waals surface area contributed by atoms with E-state index in [1.807, 2.05) is 31.2 Å². The monoisotopic (exact) mass is 272 g/mol. The van der Waals surface area contributed by atoms with Crippen LogP contribution in [0, 0.1) is 6.92 Å². The van der Waals surface area contributed by atoms with Crippen LogP contribution >= 0.6 is 0 Å². The van der Waals surface area contributed by atoms with Gasteiger partial charge in [-0.25, -0.2) is 8.42 Å². The highest BCUT2D eigenvalue weighted by atomic mass is 32.2. The van der Waals surface area contributed by atoms with Gasteiger partial charge in [0.05, 0.1) is 10.6 Å². The fourth-order valence-electron chi connectivity index (χ4n) is 1.89. The molecule has 0 aliphatic carbocycles. The minimum atomic E-state index is -3.32. The Morgan fingerprint density at radius 2 is 1.74 bits per heavy atom. The summed E-state index contributed by atoms with van der Waals surface area (Å²) >= 11 is 0. The molecule has 2 aromatic carbocycles. The van der Waals surface area contributed by atoms with Gasteiger partial charge in [0.25, 0.3) is 0 Å². The highest BCUT2D eigenvalue weighted by Crippen LogP contribution is 2.20. The van der Waals surface area contributed by atoms with E-state index in [0.29, 0.717) is 10.5 Å². The molecule has 0 saturated carbocycles. The molecule has 0 spiro atoms. The zero-order valence-electron chi connectivity index (χ0n) is 10.8. The molecule has 0 fully saturated rings. The Labute approximate surface area is 114 Å².